The topological polar surface area (TPSA) is 17.1 Å². The van der Waals surface area contributed by atoms with Gasteiger partial charge in [0.2, 0.25) is 0 Å². The Balaban J connectivity index is 0.00000144. The van der Waals surface area contributed by atoms with Gasteiger partial charge in [-0.3, -0.25) is 4.79 Å². The van der Waals surface area contributed by atoms with Crippen molar-refractivity contribution in [1.29, 1.82) is 0 Å². The summed E-state index contributed by atoms with van der Waals surface area (Å²) < 4.78 is 0. The summed E-state index contributed by atoms with van der Waals surface area (Å²) in [6, 6.07) is 14.0. The van der Waals surface area contributed by atoms with Gasteiger partial charge in [-0.1, -0.05) is 56.3 Å². The molecule has 2 heteroatoms. The number of fused-ring (bicyclic) bond motifs is 1. The van der Waals surface area contributed by atoms with Gasteiger partial charge in [-0.25, -0.2) is 0 Å². The second-order valence-corrected chi connectivity index (χ2v) is 4.55. The zero-order chi connectivity index (χ0) is 11.5. The van der Waals surface area contributed by atoms with Gasteiger partial charge in [-0.05, 0) is 16.7 Å². The van der Waals surface area contributed by atoms with Crippen LogP contribution in [0.4, 0.5) is 0 Å². The normalized spacial score (nSPS) is 10.3. The largest absolute Gasteiger partial charge is 0.316 e. The number of Topliss-reactive ketones (excluding diaryl/α,β-unsaturated/α-hetero) is 1. The quantitative estimate of drug-likeness (QED) is 0.593. The lowest BCUT2D eigenvalue weighted by Crippen LogP contribution is -2.03. The van der Waals surface area contributed by atoms with Crippen molar-refractivity contribution in [2.24, 2.45) is 5.92 Å². The van der Waals surface area contributed by atoms with Crippen LogP contribution < -0.4 is 0 Å². The average molecular weight is 239 g/mol. The number of rotatable bonds is 3. The Hall–Kier alpha value is -0.864. The van der Waals surface area contributed by atoms with E-state index in [0.29, 0.717) is 12.3 Å². The Morgan fingerprint density at radius 3 is 2.41 bits per heavy atom. The van der Waals surface area contributed by atoms with Gasteiger partial charge < -0.3 is 0 Å². The first-order chi connectivity index (χ1) is 7.68. The fourth-order valence-corrected chi connectivity index (χ4v) is 1.95. The smallest absolute Gasteiger partial charge is 0.294 e. The first kappa shape index (κ1) is 14.2. The predicted octanol–water partition coefficient (Wildman–Crippen LogP) is 3.15. The number of benzene rings is 2. The molecular weight excluding hydrogens is 220 g/mol. The van der Waals surface area contributed by atoms with Crippen molar-refractivity contribution in [2.45, 2.75) is 20.3 Å². The molecule has 17 heavy (non-hydrogen) atoms. The molecule has 0 N–H and O–H groups in total. The van der Waals surface area contributed by atoms with Crippen molar-refractivity contribution in [3.63, 3.8) is 0 Å². The number of carbonyl (C=O) groups is 1. The average Bonchev–Trinajstić information content (AvgIpc) is 2.27. The van der Waals surface area contributed by atoms with Crippen LogP contribution in [-0.4, -0.2) is 28.8 Å². The molecule has 2 aromatic carbocycles. The van der Waals surface area contributed by atoms with E-state index in [9.17, 15) is 4.79 Å². The summed E-state index contributed by atoms with van der Waals surface area (Å²) in [5, 5.41) is 2.20. The summed E-state index contributed by atoms with van der Waals surface area (Å²) in [7, 11) is 0. The second kappa shape index (κ2) is 6.17. The Kier molecular flexibility index (Phi) is 5.16. The monoisotopic (exact) mass is 238 g/mol. The standard InChI is InChI=1S/C15H16O.Mg.2H/c1-11(2)10-15(16)14-9-5-7-12-6-3-4-8-13(12)14;;;/h3-9,11H,10H2,1-2H3;;;. The van der Waals surface area contributed by atoms with E-state index in [1.54, 1.807) is 0 Å². The van der Waals surface area contributed by atoms with E-state index in [0.717, 1.165) is 16.3 Å². The van der Waals surface area contributed by atoms with Crippen LogP contribution in [0.2, 0.25) is 0 Å². The van der Waals surface area contributed by atoms with Crippen LogP contribution in [0, 0.1) is 5.92 Å². The van der Waals surface area contributed by atoms with E-state index in [4.69, 9.17) is 0 Å². The lowest BCUT2D eigenvalue weighted by molar-refractivity contribution is 0.0969. The van der Waals surface area contributed by atoms with Gasteiger partial charge in [0.15, 0.2) is 5.78 Å². The van der Waals surface area contributed by atoms with Crippen molar-refractivity contribution in [1.82, 2.24) is 0 Å². The van der Waals surface area contributed by atoms with Crippen LogP contribution in [0.5, 0.6) is 0 Å². The van der Waals surface area contributed by atoms with Crippen molar-refractivity contribution < 1.29 is 4.79 Å². The Morgan fingerprint density at radius 1 is 1.06 bits per heavy atom. The molecule has 0 saturated heterocycles. The first-order valence-electron chi connectivity index (χ1n) is 5.69. The Labute approximate surface area is 118 Å². The van der Waals surface area contributed by atoms with Crippen molar-refractivity contribution in [3.8, 4) is 0 Å². The van der Waals surface area contributed by atoms with Gasteiger partial charge >= 0.3 is 23.1 Å². The van der Waals surface area contributed by atoms with Crippen LogP contribution in [0.1, 0.15) is 30.6 Å². The zero-order valence-corrected chi connectivity index (χ0v) is 9.73. The van der Waals surface area contributed by atoms with E-state index in [1.807, 2.05) is 42.5 Å². The lowest BCUT2D eigenvalue weighted by Gasteiger charge is -2.07. The zero-order valence-electron chi connectivity index (χ0n) is 9.73. The highest BCUT2D eigenvalue weighted by Crippen LogP contribution is 2.20. The van der Waals surface area contributed by atoms with E-state index in [1.165, 1.54) is 0 Å². The number of hydrogen-bond acceptors (Lipinski definition) is 1. The highest BCUT2D eigenvalue weighted by molar-refractivity contribution is 6.08. The maximum atomic E-state index is 12.1. The summed E-state index contributed by atoms with van der Waals surface area (Å²) in [5.74, 6) is 0.651. The maximum absolute atomic E-state index is 12.1. The molecule has 0 amide bonds. The molecule has 0 saturated carbocycles. The van der Waals surface area contributed by atoms with Gasteiger partial charge in [-0.15, -0.1) is 0 Å². The van der Waals surface area contributed by atoms with Gasteiger partial charge in [-0.2, -0.15) is 0 Å². The molecule has 2 aromatic rings. The lowest BCUT2D eigenvalue weighted by atomic mass is 9.96. The summed E-state index contributed by atoms with van der Waals surface area (Å²) >= 11 is 0. The van der Waals surface area contributed by atoms with Gasteiger partial charge in [0, 0.05) is 12.0 Å². The molecule has 0 unspecified atom stereocenters. The summed E-state index contributed by atoms with van der Waals surface area (Å²) in [6.07, 6.45) is 0.619. The molecule has 2 rings (SSSR count). The minimum absolute atomic E-state index is 0. The molecule has 0 spiro atoms. The second-order valence-electron chi connectivity index (χ2n) is 4.55. The molecule has 0 atom stereocenters. The van der Waals surface area contributed by atoms with E-state index in [2.05, 4.69) is 13.8 Å². The maximum Gasteiger partial charge on any atom is 0.316 e. The molecule has 0 bridgehead atoms. The molecule has 0 aliphatic carbocycles. The van der Waals surface area contributed by atoms with Crippen LogP contribution in [0.15, 0.2) is 42.5 Å². The fraction of sp³-hybridized carbons (Fsp3) is 0.267. The van der Waals surface area contributed by atoms with Crippen LogP contribution in [-0.2, 0) is 0 Å². The molecule has 0 radical (unpaired) electrons. The van der Waals surface area contributed by atoms with Crippen LogP contribution >= 0.6 is 0 Å². The molecule has 1 nitrogen and oxygen atoms in total. The molecule has 0 fully saturated rings. The third kappa shape index (κ3) is 3.30. The summed E-state index contributed by atoms with van der Waals surface area (Å²) in [4.78, 5) is 12.1. The minimum Gasteiger partial charge on any atom is -0.294 e. The van der Waals surface area contributed by atoms with E-state index < -0.39 is 0 Å². The van der Waals surface area contributed by atoms with Gasteiger partial charge in [0.25, 0.3) is 0 Å². The van der Waals surface area contributed by atoms with Crippen molar-refractivity contribution in [3.05, 3.63) is 48.0 Å². The molecule has 0 aliphatic rings. The SMILES string of the molecule is CC(C)CC(=O)c1cccc2ccccc12.[MgH2]. The van der Waals surface area contributed by atoms with Crippen LogP contribution in [0.25, 0.3) is 10.8 Å². The van der Waals surface area contributed by atoms with Crippen molar-refractivity contribution in [2.75, 3.05) is 0 Å². The number of carbonyl (C=O) groups excluding carboxylic acids is 1. The Morgan fingerprint density at radius 2 is 1.71 bits per heavy atom. The summed E-state index contributed by atoms with van der Waals surface area (Å²) in [6.45, 7) is 4.14. The molecule has 0 heterocycles. The highest BCUT2D eigenvalue weighted by Gasteiger charge is 2.10. The molecule has 0 aliphatic heterocycles. The fourth-order valence-electron chi connectivity index (χ4n) is 1.95. The van der Waals surface area contributed by atoms with Crippen molar-refractivity contribution >= 4 is 39.6 Å². The highest BCUT2D eigenvalue weighted by atomic mass is 24.3. The first-order valence-corrected chi connectivity index (χ1v) is 5.69. The molecular formula is C15H18MgO. The number of hydrogen-bond donors (Lipinski definition) is 0. The Bertz CT molecular complexity index is 512. The number of ketones is 1. The van der Waals surface area contributed by atoms with E-state index >= 15 is 0 Å². The van der Waals surface area contributed by atoms with Gasteiger partial charge in [0.1, 0.15) is 0 Å². The third-order valence-electron chi connectivity index (χ3n) is 2.68. The minimum atomic E-state index is 0. The van der Waals surface area contributed by atoms with Crippen LogP contribution in [0.3, 0.4) is 0 Å². The van der Waals surface area contributed by atoms with E-state index in [-0.39, 0.29) is 28.8 Å². The van der Waals surface area contributed by atoms with Gasteiger partial charge in [0.05, 0.1) is 0 Å². The molecule has 86 valence electrons. The predicted molar refractivity (Wildman–Crippen MR) is 76.3 cm³/mol. The summed E-state index contributed by atoms with van der Waals surface area (Å²) in [5.41, 5.74) is 0.854. The molecule has 0 aromatic heterocycles. The third-order valence-corrected chi connectivity index (χ3v) is 2.68.